The summed E-state index contributed by atoms with van der Waals surface area (Å²) in [4.78, 5) is 33.5. The van der Waals surface area contributed by atoms with Crippen molar-refractivity contribution in [2.45, 2.75) is 89.6 Å². The maximum absolute atomic E-state index is 13.4. The number of likely N-dealkylation sites (N-methyl/N-ethyl adjacent to an activating group) is 1. The Morgan fingerprint density at radius 1 is 1.03 bits per heavy atom. The number of amides is 2. The van der Waals surface area contributed by atoms with Gasteiger partial charge in [0.25, 0.3) is 0 Å². The SMILES string of the molecule is CN(C(=O)Cn1c(CCNC(=O)C23CC4CC(CC(C4)C2)C3)nc2ccccc21)C1CCCCC1. The maximum Gasteiger partial charge on any atom is 0.242 e. The van der Waals surface area contributed by atoms with Crippen LogP contribution in [-0.4, -0.2) is 45.9 Å². The van der Waals surface area contributed by atoms with Gasteiger partial charge in [-0.05, 0) is 81.3 Å². The van der Waals surface area contributed by atoms with Crippen molar-refractivity contribution in [3.05, 3.63) is 30.1 Å². The minimum Gasteiger partial charge on any atom is -0.355 e. The fraction of sp³-hybridized carbons (Fsp3) is 0.690. The topological polar surface area (TPSA) is 67.2 Å². The highest BCUT2D eigenvalue weighted by molar-refractivity contribution is 5.83. The first-order valence-electron chi connectivity index (χ1n) is 14.0. The second-order valence-electron chi connectivity index (χ2n) is 12.1. The van der Waals surface area contributed by atoms with Gasteiger partial charge in [0.1, 0.15) is 12.4 Å². The molecule has 1 N–H and O–H groups in total. The number of imidazole rings is 1. The smallest absolute Gasteiger partial charge is 0.242 e. The van der Waals surface area contributed by atoms with E-state index >= 15 is 0 Å². The summed E-state index contributed by atoms with van der Waals surface area (Å²) < 4.78 is 2.08. The highest BCUT2D eigenvalue weighted by atomic mass is 16.2. The summed E-state index contributed by atoms with van der Waals surface area (Å²) in [5.41, 5.74) is 1.80. The molecule has 4 bridgehead atoms. The first-order chi connectivity index (χ1) is 17.0. The number of aromatic nitrogens is 2. The third-order valence-electron chi connectivity index (χ3n) is 9.70. The standard InChI is InChI=1S/C29H40N4O2/c1-32(23-7-3-2-4-8-23)27(34)19-33-25-10-6-5-9-24(25)31-26(33)11-12-30-28(35)29-16-20-13-21(17-29)15-22(14-20)18-29/h5-6,9-10,20-23H,2-4,7-8,11-19H2,1H3,(H,30,35). The Kier molecular flexibility index (Phi) is 6.10. The van der Waals surface area contributed by atoms with E-state index in [2.05, 4.69) is 9.88 Å². The van der Waals surface area contributed by atoms with Crippen molar-refractivity contribution in [3.8, 4) is 0 Å². The van der Waals surface area contributed by atoms with Gasteiger partial charge in [-0.2, -0.15) is 0 Å². The molecular formula is C29H40N4O2. The van der Waals surface area contributed by atoms with Crippen molar-refractivity contribution in [1.82, 2.24) is 19.8 Å². The quantitative estimate of drug-likeness (QED) is 0.630. The zero-order chi connectivity index (χ0) is 24.0. The first-order valence-corrected chi connectivity index (χ1v) is 14.0. The van der Waals surface area contributed by atoms with Crippen LogP contribution in [0.1, 0.15) is 76.5 Å². The Balaban J connectivity index is 1.14. The normalized spacial score (nSPS) is 30.0. The molecule has 1 heterocycles. The van der Waals surface area contributed by atoms with Gasteiger partial charge in [-0.25, -0.2) is 4.98 Å². The maximum atomic E-state index is 13.4. The number of hydrogen-bond donors (Lipinski definition) is 1. The van der Waals surface area contributed by atoms with Crippen molar-refractivity contribution in [3.63, 3.8) is 0 Å². The zero-order valence-electron chi connectivity index (χ0n) is 21.2. The largest absolute Gasteiger partial charge is 0.355 e. The van der Waals surface area contributed by atoms with E-state index in [1.807, 2.05) is 36.2 Å². The Labute approximate surface area is 208 Å². The van der Waals surface area contributed by atoms with Crippen molar-refractivity contribution < 1.29 is 9.59 Å². The minimum absolute atomic E-state index is 0.117. The lowest BCUT2D eigenvalue weighted by Crippen LogP contribution is -2.53. The molecule has 6 heteroatoms. The van der Waals surface area contributed by atoms with Crippen LogP contribution in [0.2, 0.25) is 0 Å². The van der Waals surface area contributed by atoms with E-state index in [-0.39, 0.29) is 17.2 Å². The minimum atomic E-state index is -0.117. The van der Waals surface area contributed by atoms with E-state index in [4.69, 9.17) is 4.98 Å². The molecule has 0 aliphatic heterocycles. The molecule has 0 atom stereocenters. The van der Waals surface area contributed by atoms with Gasteiger partial charge in [0.2, 0.25) is 11.8 Å². The Bertz CT molecular complexity index is 1060. The van der Waals surface area contributed by atoms with E-state index in [1.54, 1.807) is 0 Å². The van der Waals surface area contributed by atoms with Crippen LogP contribution in [-0.2, 0) is 22.6 Å². The van der Waals surface area contributed by atoms with Gasteiger partial charge >= 0.3 is 0 Å². The van der Waals surface area contributed by atoms with Crippen LogP contribution in [0.15, 0.2) is 24.3 Å². The number of fused-ring (bicyclic) bond motifs is 1. The second-order valence-corrected chi connectivity index (χ2v) is 12.1. The molecule has 2 aromatic rings. The zero-order valence-corrected chi connectivity index (χ0v) is 21.2. The summed E-state index contributed by atoms with van der Waals surface area (Å²) in [5, 5.41) is 3.30. The summed E-state index contributed by atoms with van der Waals surface area (Å²) in [6.07, 6.45) is 13.9. The van der Waals surface area contributed by atoms with Crippen molar-refractivity contribution >= 4 is 22.8 Å². The summed E-state index contributed by atoms with van der Waals surface area (Å²) in [7, 11) is 1.96. The lowest BCUT2D eigenvalue weighted by atomic mass is 9.49. The molecule has 188 valence electrons. The van der Waals surface area contributed by atoms with Crippen molar-refractivity contribution in [1.29, 1.82) is 0 Å². The molecule has 5 saturated carbocycles. The fourth-order valence-corrected chi connectivity index (χ4v) is 8.28. The van der Waals surface area contributed by atoms with E-state index in [1.165, 1.54) is 38.5 Å². The Hall–Kier alpha value is -2.37. The van der Waals surface area contributed by atoms with Gasteiger partial charge in [0.05, 0.1) is 11.0 Å². The predicted octanol–water partition coefficient (Wildman–Crippen LogP) is 4.70. The summed E-state index contributed by atoms with van der Waals surface area (Å²) in [6, 6.07) is 8.42. The van der Waals surface area contributed by atoms with Crippen LogP contribution < -0.4 is 5.32 Å². The van der Waals surface area contributed by atoms with Crippen LogP contribution in [0.3, 0.4) is 0 Å². The molecule has 35 heavy (non-hydrogen) atoms. The van der Waals surface area contributed by atoms with E-state index < -0.39 is 0 Å². The van der Waals surface area contributed by atoms with Crippen LogP contribution >= 0.6 is 0 Å². The van der Waals surface area contributed by atoms with Crippen LogP contribution in [0, 0.1) is 23.2 Å². The van der Waals surface area contributed by atoms with Gasteiger partial charge in [-0.3, -0.25) is 9.59 Å². The van der Waals surface area contributed by atoms with Crippen molar-refractivity contribution in [2.24, 2.45) is 23.2 Å². The summed E-state index contributed by atoms with van der Waals surface area (Å²) in [5.74, 6) is 3.61. The molecule has 0 radical (unpaired) electrons. The number of carbonyl (C=O) groups excluding carboxylic acids is 2. The molecule has 1 aromatic carbocycles. The monoisotopic (exact) mass is 476 g/mol. The molecule has 5 aliphatic carbocycles. The lowest BCUT2D eigenvalue weighted by Gasteiger charge is -2.55. The van der Waals surface area contributed by atoms with Gasteiger partial charge in [-0.15, -0.1) is 0 Å². The molecular weight excluding hydrogens is 436 g/mol. The molecule has 0 spiro atoms. The third kappa shape index (κ3) is 4.38. The third-order valence-corrected chi connectivity index (χ3v) is 9.70. The molecule has 6 nitrogen and oxygen atoms in total. The number of para-hydroxylation sites is 2. The molecule has 0 unspecified atom stereocenters. The van der Waals surface area contributed by atoms with E-state index in [0.29, 0.717) is 25.6 Å². The number of nitrogens with zero attached hydrogens (tertiary/aromatic N) is 3. The van der Waals surface area contributed by atoms with Crippen LogP contribution in [0.5, 0.6) is 0 Å². The lowest BCUT2D eigenvalue weighted by molar-refractivity contribution is -0.146. The van der Waals surface area contributed by atoms with Gasteiger partial charge in [0.15, 0.2) is 0 Å². The number of benzene rings is 1. The second kappa shape index (κ2) is 9.25. The van der Waals surface area contributed by atoms with Crippen LogP contribution in [0.25, 0.3) is 11.0 Å². The average Bonchev–Trinajstić information content (AvgIpc) is 3.20. The Morgan fingerprint density at radius 2 is 1.69 bits per heavy atom. The van der Waals surface area contributed by atoms with E-state index in [0.717, 1.165) is 66.7 Å². The molecule has 1 aromatic heterocycles. The number of rotatable bonds is 7. The number of nitrogens with one attached hydrogen (secondary N) is 1. The molecule has 5 aliphatic rings. The first kappa shape index (κ1) is 23.1. The number of hydrogen-bond acceptors (Lipinski definition) is 3. The van der Waals surface area contributed by atoms with Crippen molar-refractivity contribution in [2.75, 3.05) is 13.6 Å². The number of carbonyl (C=O) groups is 2. The van der Waals surface area contributed by atoms with Crippen LogP contribution in [0.4, 0.5) is 0 Å². The van der Waals surface area contributed by atoms with Gasteiger partial charge in [-0.1, -0.05) is 31.4 Å². The van der Waals surface area contributed by atoms with E-state index in [9.17, 15) is 9.59 Å². The fourth-order valence-electron chi connectivity index (χ4n) is 8.28. The predicted molar refractivity (Wildman–Crippen MR) is 137 cm³/mol. The highest BCUT2D eigenvalue weighted by Gasteiger charge is 2.54. The summed E-state index contributed by atoms with van der Waals surface area (Å²) >= 11 is 0. The Morgan fingerprint density at radius 3 is 2.37 bits per heavy atom. The van der Waals surface area contributed by atoms with Gasteiger partial charge < -0.3 is 14.8 Å². The highest BCUT2D eigenvalue weighted by Crippen LogP contribution is 2.60. The molecule has 7 rings (SSSR count). The average molecular weight is 477 g/mol. The summed E-state index contributed by atoms with van der Waals surface area (Å²) in [6.45, 7) is 0.891. The molecule has 5 fully saturated rings. The molecule has 0 saturated heterocycles. The molecule has 2 amide bonds. The van der Waals surface area contributed by atoms with Gasteiger partial charge in [0, 0.05) is 31.5 Å².